The molecule has 0 amide bonds. The third-order valence-corrected chi connectivity index (χ3v) is 7.32. The van der Waals surface area contributed by atoms with Crippen molar-refractivity contribution in [1.82, 2.24) is 19.9 Å². The Morgan fingerprint density at radius 1 is 1.08 bits per heavy atom. The monoisotopic (exact) mass is 507 g/mol. The molecule has 36 heavy (non-hydrogen) atoms. The van der Waals surface area contributed by atoms with Gasteiger partial charge in [-0.2, -0.15) is 5.26 Å². The number of piperidine rings is 1. The molecule has 3 aromatic rings. The number of aromatic nitrogens is 4. The molecular formula is C24H25N7O4S. The molecular weight excluding hydrogens is 482 g/mol. The Balaban J connectivity index is 1.20. The lowest BCUT2D eigenvalue weighted by atomic mass is 10.1. The Kier molecular flexibility index (Phi) is 6.56. The molecule has 1 fully saturated rings. The first kappa shape index (κ1) is 23.7. The first-order valence-electron chi connectivity index (χ1n) is 11.6. The highest BCUT2D eigenvalue weighted by Crippen LogP contribution is 2.35. The van der Waals surface area contributed by atoms with Gasteiger partial charge in [0.25, 0.3) is 0 Å². The molecule has 1 saturated heterocycles. The predicted molar refractivity (Wildman–Crippen MR) is 131 cm³/mol. The highest BCUT2D eigenvalue weighted by atomic mass is 32.2. The summed E-state index contributed by atoms with van der Waals surface area (Å²) in [6.45, 7) is 2.15. The Labute approximate surface area is 209 Å². The molecule has 12 heteroatoms. The molecule has 0 spiro atoms. The number of ether oxygens (including phenoxy) is 2. The number of rotatable bonds is 7. The van der Waals surface area contributed by atoms with Crippen molar-refractivity contribution in [2.45, 2.75) is 30.3 Å². The van der Waals surface area contributed by atoms with Crippen molar-refractivity contribution in [3.63, 3.8) is 0 Å². The van der Waals surface area contributed by atoms with Crippen LogP contribution in [0.3, 0.4) is 0 Å². The van der Waals surface area contributed by atoms with Gasteiger partial charge in [0.15, 0.2) is 22.2 Å². The molecule has 2 aliphatic heterocycles. The fourth-order valence-corrected chi connectivity index (χ4v) is 5.07. The lowest BCUT2D eigenvalue weighted by Gasteiger charge is -2.32. The van der Waals surface area contributed by atoms with E-state index in [9.17, 15) is 8.42 Å². The van der Waals surface area contributed by atoms with Crippen LogP contribution < -0.4 is 19.3 Å². The van der Waals surface area contributed by atoms with Gasteiger partial charge in [-0.15, -0.1) is 0 Å². The van der Waals surface area contributed by atoms with Gasteiger partial charge in [-0.05, 0) is 30.2 Å². The van der Waals surface area contributed by atoms with Gasteiger partial charge in [-0.25, -0.2) is 28.4 Å². The van der Waals surface area contributed by atoms with Gasteiger partial charge in [0, 0.05) is 50.5 Å². The van der Waals surface area contributed by atoms with Crippen molar-refractivity contribution in [2.24, 2.45) is 0 Å². The molecule has 1 aromatic carbocycles. The molecule has 0 atom stereocenters. The molecule has 2 aromatic heterocycles. The maximum absolute atomic E-state index is 11.9. The standard InChI is InChI=1S/C24H25N7O4S/c1-36(32,33)20-2-3-21-17(12-20)4-10-31(21)22-13-23(29-16-28-22)35-18-5-8-30(9-6-18)24-26-14-19(15-27-24)34-11-7-25/h2-3,12-16,18H,4-6,8-11H2,1H3. The fraction of sp³-hybridized carbons (Fsp3) is 0.375. The Hall–Kier alpha value is -3.98. The smallest absolute Gasteiger partial charge is 0.225 e. The lowest BCUT2D eigenvalue weighted by Crippen LogP contribution is -2.39. The number of sulfone groups is 1. The molecule has 186 valence electrons. The number of benzene rings is 1. The summed E-state index contributed by atoms with van der Waals surface area (Å²) < 4.78 is 35.2. The highest BCUT2D eigenvalue weighted by Gasteiger charge is 2.25. The third kappa shape index (κ3) is 5.16. The second kappa shape index (κ2) is 9.94. The van der Waals surface area contributed by atoms with Crippen LogP contribution in [-0.2, 0) is 16.3 Å². The summed E-state index contributed by atoms with van der Waals surface area (Å²) in [5.74, 6) is 2.31. The fourth-order valence-electron chi connectivity index (χ4n) is 4.40. The van der Waals surface area contributed by atoms with Crippen molar-refractivity contribution in [3.05, 3.63) is 48.5 Å². The first-order valence-corrected chi connectivity index (χ1v) is 13.5. The lowest BCUT2D eigenvalue weighted by molar-refractivity contribution is 0.163. The van der Waals surface area contributed by atoms with Crippen LogP contribution in [0.1, 0.15) is 18.4 Å². The van der Waals surface area contributed by atoms with Gasteiger partial charge >= 0.3 is 0 Å². The van der Waals surface area contributed by atoms with Crippen LogP contribution in [0.25, 0.3) is 0 Å². The van der Waals surface area contributed by atoms with Crippen molar-refractivity contribution in [3.8, 4) is 17.7 Å². The zero-order chi connectivity index (χ0) is 25.1. The van der Waals surface area contributed by atoms with E-state index in [0.29, 0.717) is 29.0 Å². The van der Waals surface area contributed by atoms with Crippen molar-refractivity contribution >= 4 is 27.3 Å². The van der Waals surface area contributed by atoms with E-state index in [2.05, 4.69) is 29.7 Å². The normalized spacial score (nSPS) is 15.9. The summed E-state index contributed by atoms with van der Waals surface area (Å²) >= 11 is 0. The van der Waals surface area contributed by atoms with Crippen LogP contribution in [0.4, 0.5) is 17.5 Å². The van der Waals surface area contributed by atoms with Crippen LogP contribution in [0, 0.1) is 11.3 Å². The second-order valence-electron chi connectivity index (χ2n) is 8.65. The minimum atomic E-state index is -3.25. The zero-order valence-corrected chi connectivity index (χ0v) is 20.6. The molecule has 0 radical (unpaired) electrons. The van der Waals surface area contributed by atoms with E-state index >= 15 is 0 Å². The topological polar surface area (TPSA) is 134 Å². The van der Waals surface area contributed by atoms with E-state index in [1.165, 1.54) is 12.6 Å². The minimum absolute atomic E-state index is 0.00502. The maximum Gasteiger partial charge on any atom is 0.225 e. The maximum atomic E-state index is 11.9. The summed E-state index contributed by atoms with van der Waals surface area (Å²) in [6.07, 6.45) is 8.18. The molecule has 0 N–H and O–H groups in total. The van der Waals surface area contributed by atoms with Gasteiger partial charge in [0.2, 0.25) is 11.8 Å². The number of nitriles is 1. The van der Waals surface area contributed by atoms with E-state index in [1.807, 2.05) is 18.2 Å². The SMILES string of the molecule is CS(=O)(=O)c1ccc2c(c1)CCN2c1cc(OC2CCN(c3ncc(OCC#N)cn3)CC2)ncn1. The highest BCUT2D eigenvalue weighted by molar-refractivity contribution is 7.90. The number of hydrogen-bond donors (Lipinski definition) is 0. The summed E-state index contributed by atoms with van der Waals surface area (Å²) in [5, 5.41) is 8.59. The molecule has 0 unspecified atom stereocenters. The molecule has 5 rings (SSSR count). The van der Waals surface area contributed by atoms with Crippen LogP contribution in [-0.4, -0.2) is 67.0 Å². The average molecular weight is 508 g/mol. The zero-order valence-electron chi connectivity index (χ0n) is 19.7. The van der Waals surface area contributed by atoms with Crippen LogP contribution in [0.15, 0.2) is 47.9 Å². The number of hydrogen-bond acceptors (Lipinski definition) is 11. The van der Waals surface area contributed by atoms with Gasteiger partial charge in [0.05, 0.1) is 17.3 Å². The predicted octanol–water partition coefficient (Wildman–Crippen LogP) is 2.31. The van der Waals surface area contributed by atoms with Gasteiger partial charge in [0.1, 0.15) is 24.3 Å². The second-order valence-corrected chi connectivity index (χ2v) is 10.7. The summed E-state index contributed by atoms with van der Waals surface area (Å²) in [5.41, 5.74) is 1.93. The van der Waals surface area contributed by atoms with Crippen LogP contribution in [0.5, 0.6) is 11.6 Å². The summed E-state index contributed by atoms with van der Waals surface area (Å²) in [7, 11) is -3.25. The van der Waals surface area contributed by atoms with Crippen molar-refractivity contribution < 1.29 is 17.9 Å². The largest absolute Gasteiger partial charge is 0.476 e. The average Bonchev–Trinajstić information content (AvgIpc) is 3.31. The summed E-state index contributed by atoms with van der Waals surface area (Å²) in [4.78, 5) is 21.9. The molecule has 0 aliphatic carbocycles. The number of fused-ring (bicyclic) bond motifs is 1. The number of anilines is 3. The van der Waals surface area contributed by atoms with Gasteiger partial charge in [-0.1, -0.05) is 0 Å². The molecule has 4 heterocycles. The molecule has 11 nitrogen and oxygen atoms in total. The van der Waals surface area contributed by atoms with Gasteiger partial charge in [-0.3, -0.25) is 0 Å². The Bertz CT molecular complexity index is 1380. The van der Waals surface area contributed by atoms with Crippen LogP contribution >= 0.6 is 0 Å². The van der Waals surface area contributed by atoms with E-state index in [1.54, 1.807) is 24.5 Å². The quantitative estimate of drug-likeness (QED) is 0.466. The molecule has 2 aliphatic rings. The molecule has 0 saturated carbocycles. The molecule has 0 bridgehead atoms. The van der Waals surface area contributed by atoms with E-state index in [4.69, 9.17) is 14.7 Å². The van der Waals surface area contributed by atoms with Crippen molar-refractivity contribution in [1.29, 1.82) is 5.26 Å². The van der Waals surface area contributed by atoms with E-state index < -0.39 is 9.84 Å². The Morgan fingerprint density at radius 3 is 2.58 bits per heavy atom. The Morgan fingerprint density at radius 2 is 1.86 bits per heavy atom. The third-order valence-electron chi connectivity index (χ3n) is 6.21. The van der Waals surface area contributed by atoms with E-state index in [-0.39, 0.29) is 12.7 Å². The van der Waals surface area contributed by atoms with Crippen molar-refractivity contribution in [2.75, 3.05) is 42.3 Å². The van der Waals surface area contributed by atoms with Crippen LogP contribution in [0.2, 0.25) is 0 Å². The summed E-state index contributed by atoms with van der Waals surface area (Å²) in [6, 6.07) is 8.96. The number of nitrogens with zero attached hydrogens (tertiary/aromatic N) is 7. The van der Waals surface area contributed by atoms with E-state index in [0.717, 1.165) is 49.4 Å². The minimum Gasteiger partial charge on any atom is -0.476 e. The first-order chi connectivity index (χ1) is 17.4. The van der Waals surface area contributed by atoms with Gasteiger partial charge < -0.3 is 19.3 Å².